The maximum Gasteiger partial charge on any atom is 0.255 e. The molecule has 0 fully saturated rings. The van der Waals surface area contributed by atoms with Crippen molar-refractivity contribution in [1.82, 2.24) is 14.8 Å². The molecule has 7 N–H and O–H groups in total. The molecule has 0 unspecified atom stereocenters. The Kier molecular flexibility index (Phi) is 7.20. The summed E-state index contributed by atoms with van der Waals surface area (Å²) in [5, 5.41) is 48.9. The topological polar surface area (TPSA) is 182 Å². The number of likely N-dealkylation sites (N-methyl/N-ethyl adjacent to an activating group) is 1. The Hall–Kier alpha value is -4.13. The number of Topliss-reactive ketones (excluding diaryl/α,β-unsaturated/α-hetero) is 2. The molecule has 2 aromatic rings. The smallest absolute Gasteiger partial charge is 0.255 e. The Morgan fingerprint density at radius 2 is 1.86 bits per heavy atom. The van der Waals surface area contributed by atoms with Crippen molar-refractivity contribution in [3.05, 3.63) is 69.4 Å². The van der Waals surface area contributed by atoms with Crippen LogP contribution in [0.25, 0.3) is 0 Å². The molecule has 42 heavy (non-hydrogen) atoms. The van der Waals surface area contributed by atoms with Crippen LogP contribution in [0, 0.1) is 11.8 Å². The molecule has 12 heteroatoms. The van der Waals surface area contributed by atoms with E-state index in [-0.39, 0.29) is 36.3 Å². The Labute approximate surface area is 243 Å². The molecular weight excluding hydrogens is 542 g/mol. The number of nitrogens with zero attached hydrogens (tertiary/aromatic N) is 3. The number of rotatable bonds is 7. The number of ketones is 2. The molecule has 1 aromatic carbocycles. The van der Waals surface area contributed by atoms with E-state index in [0.29, 0.717) is 23.4 Å². The van der Waals surface area contributed by atoms with Gasteiger partial charge >= 0.3 is 0 Å². The van der Waals surface area contributed by atoms with Gasteiger partial charge in [-0.25, -0.2) is 0 Å². The second-order valence-electron chi connectivity index (χ2n) is 11.8. The van der Waals surface area contributed by atoms with Crippen molar-refractivity contribution in [3.8, 4) is 5.75 Å². The molecule has 0 aliphatic heterocycles. The van der Waals surface area contributed by atoms with E-state index >= 15 is 0 Å². The summed E-state index contributed by atoms with van der Waals surface area (Å²) in [5.41, 5.74) is 4.53. The minimum Gasteiger partial charge on any atom is -0.510 e. The Morgan fingerprint density at radius 1 is 1.17 bits per heavy atom. The van der Waals surface area contributed by atoms with Gasteiger partial charge in [-0.3, -0.25) is 19.3 Å². The number of aromatic nitrogens is 1. The number of benzene rings is 1. The lowest BCUT2D eigenvalue weighted by molar-refractivity contribution is -0.148. The molecule has 0 saturated heterocycles. The molecule has 1 aromatic heterocycles. The second-order valence-corrected chi connectivity index (χ2v) is 11.8. The van der Waals surface area contributed by atoms with E-state index in [4.69, 9.17) is 5.73 Å². The summed E-state index contributed by atoms with van der Waals surface area (Å²) in [6.45, 7) is 0.763. The van der Waals surface area contributed by atoms with Gasteiger partial charge in [-0.2, -0.15) is 0 Å². The fraction of sp³-hybridized carbons (Fsp3) is 0.433. The highest BCUT2D eigenvalue weighted by molar-refractivity contribution is 6.25. The summed E-state index contributed by atoms with van der Waals surface area (Å²) >= 11 is 0. The Balaban J connectivity index is 1.62. The van der Waals surface area contributed by atoms with Crippen LogP contribution in [0.15, 0.2) is 47.1 Å². The number of nitrogens with two attached hydrogens (primary N) is 1. The number of allylic oxidation sites excluding steroid dienone is 1. The van der Waals surface area contributed by atoms with Crippen LogP contribution >= 0.6 is 0 Å². The first-order valence-corrected chi connectivity index (χ1v) is 13.7. The SMILES string of the molecule is CN(C)c1cc(CNCc2cccn2C)c(O)c2c1C[C@@H]1C[C@@H]3[C@@H](N(C)C)C(O)=C(C(N)=O)C(=O)[C@]3(O)C(O)=C1C2=O. The molecule has 3 aliphatic carbocycles. The molecule has 224 valence electrons. The van der Waals surface area contributed by atoms with Crippen LogP contribution in [0.2, 0.25) is 0 Å². The number of aromatic hydroxyl groups is 1. The average Bonchev–Trinajstić information content (AvgIpc) is 3.31. The van der Waals surface area contributed by atoms with Gasteiger partial charge in [0.1, 0.15) is 22.8 Å². The Bertz CT molecular complexity index is 1570. The van der Waals surface area contributed by atoms with Gasteiger partial charge in [0, 0.05) is 68.9 Å². The highest BCUT2D eigenvalue weighted by Gasteiger charge is 2.63. The minimum absolute atomic E-state index is 0.00218. The largest absolute Gasteiger partial charge is 0.510 e. The lowest BCUT2D eigenvalue weighted by atomic mass is 9.58. The third-order valence-corrected chi connectivity index (χ3v) is 8.93. The number of carbonyl (C=O) groups is 3. The molecule has 1 heterocycles. The van der Waals surface area contributed by atoms with E-state index in [2.05, 4.69) is 5.32 Å². The van der Waals surface area contributed by atoms with Gasteiger partial charge in [0.15, 0.2) is 11.4 Å². The fourth-order valence-electron chi connectivity index (χ4n) is 6.89. The van der Waals surface area contributed by atoms with Gasteiger partial charge < -0.3 is 40.9 Å². The third kappa shape index (κ3) is 4.20. The number of hydrogen-bond acceptors (Lipinski definition) is 10. The first-order chi connectivity index (χ1) is 19.7. The second kappa shape index (κ2) is 10.3. The zero-order valence-electron chi connectivity index (χ0n) is 24.3. The van der Waals surface area contributed by atoms with Crippen LogP contribution in [0.4, 0.5) is 5.69 Å². The zero-order chi connectivity index (χ0) is 30.8. The lowest BCUT2D eigenvalue weighted by Gasteiger charge is -2.50. The molecule has 4 atom stereocenters. The normalized spacial score (nSPS) is 25.5. The van der Waals surface area contributed by atoms with Crippen molar-refractivity contribution in [1.29, 1.82) is 0 Å². The van der Waals surface area contributed by atoms with Crippen LogP contribution in [-0.4, -0.2) is 87.2 Å². The fourth-order valence-corrected chi connectivity index (χ4v) is 6.89. The number of aliphatic hydroxyl groups excluding tert-OH is 2. The number of amides is 1. The van der Waals surface area contributed by atoms with E-state index in [1.54, 1.807) is 14.1 Å². The standard InChI is InChI=1S/C30H37N5O7/c1-33(2)19-11-15(12-32-13-16-7-6-8-35(16)5)24(36)21-17(19)9-14-10-18-23(34(3)4)26(38)22(29(31)41)28(40)30(18,42)27(39)20(14)25(21)37/h6-8,11,14,18,23,32,36,38-39,42H,9-10,12-13H2,1-5H3,(H2,31,41)/t14-,18-,23-,30-/m1/s1. The number of carbonyl (C=O) groups excluding carboxylic acids is 3. The zero-order valence-corrected chi connectivity index (χ0v) is 24.3. The lowest BCUT2D eigenvalue weighted by Crippen LogP contribution is -2.63. The number of fused-ring (bicyclic) bond motifs is 3. The van der Waals surface area contributed by atoms with Gasteiger partial charge in [0.2, 0.25) is 5.78 Å². The average molecular weight is 580 g/mol. The van der Waals surface area contributed by atoms with Gasteiger partial charge in [0.05, 0.1) is 11.6 Å². The number of phenolic OH excluding ortho intramolecular Hbond substituents is 1. The van der Waals surface area contributed by atoms with Crippen molar-refractivity contribution in [3.63, 3.8) is 0 Å². The molecule has 1 amide bonds. The van der Waals surface area contributed by atoms with Crippen LogP contribution in [0.3, 0.4) is 0 Å². The van der Waals surface area contributed by atoms with Crippen LogP contribution in [0.5, 0.6) is 5.75 Å². The number of nitrogens with one attached hydrogen (secondary N) is 1. The molecule has 5 rings (SSSR count). The van der Waals surface area contributed by atoms with Gasteiger partial charge in [0.25, 0.3) is 5.91 Å². The monoisotopic (exact) mass is 579 g/mol. The minimum atomic E-state index is -2.67. The first kappa shape index (κ1) is 29.4. The van der Waals surface area contributed by atoms with E-state index < -0.39 is 58.0 Å². The predicted molar refractivity (Wildman–Crippen MR) is 154 cm³/mol. The summed E-state index contributed by atoms with van der Waals surface area (Å²) in [5.74, 6) is -6.62. The predicted octanol–water partition coefficient (Wildman–Crippen LogP) is 0.815. The van der Waals surface area contributed by atoms with Gasteiger partial charge in [-0.15, -0.1) is 0 Å². The molecule has 3 aliphatic rings. The highest BCUT2D eigenvalue weighted by atomic mass is 16.3. The van der Waals surface area contributed by atoms with E-state index in [9.17, 15) is 34.8 Å². The number of hydrogen-bond donors (Lipinski definition) is 6. The Morgan fingerprint density at radius 3 is 2.43 bits per heavy atom. The molecule has 0 radical (unpaired) electrons. The van der Waals surface area contributed by atoms with Crippen molar-refractivity contribution in [2.24, 2.45) is 24.6 Å². The summed E-state index contributed by atoms with van der Waals surface area (Å²) in [4.78, 5) is 43.2. The molecule has 12 nitrogen and oxygen atoms in total. The molecule has 0 spiro atoms. The number of anilines is 1. The first-order valence-electron chi connectivity index (χ1n) is 13.7. The molecule has 0 bridgehead atoms. The van der Waals surface area contributed by atoms with Crippen LogP contribution in [-0.2, 0) is 36.1 Å². The van der Waals surface area contributed by atoms with Crippen molar-refractivity contribution in [2.75, 3.05) is 33.1 Å². The van der Waals surface area contributed by atoms with E-state index in [1.807, 2.05) is 55.0 Å². The van der Waals surface area contributed by atoms with E-state index in [1.165, 1.54) is 4.90 Å². The maximum absolute atomic E-state index is 14.1. The summed E-state index contributed by atoms with van der Waals surface area (Å²) in [7, 11) is 8.79. The van der Waals surface area contributed by atoms with E-state index in [0.717, 1.165) is 5.69 Å². The highest BCUT2D eigenvalue weighted by Crippen LogP contribution is 2.53. The summed E-state index contributed by atoms with van der Waals surface area (Å²) < 4.78 is 1.97. The van der Waals surface area contributed by atoms with Crippen molar-refractivity contribution < 1.29 is 34.8 Å². The van der Waals surface area contributed by atoms with Crippen molar-refractivity contribution in [2.45, 2.75) is 37.6 Å². The third-order valence-electron chi connectivity index (χ3n) is 8.93. The molecule has 0 saturated carbocycles. The quantitative estimate of drug-likeness (QED) is 0.257. The summed E-state index contributed by atoms with van der Waals surface area (Å²) in [6.07, 6.45) is 2.20. The summed E-state index contributed by atoms with van der Waals surface area (Å²) in [6, 6.07) is 4.69. The van der Waals surface area contributed by atoms with Crippen LogP contribution < -0.4 is 16.0 Å². The number of aliphatic hydroxyl groups is 3. The number of phenols is 1. The molecular formula is C30H37N5O7. The van der Waals surface area contributed by atoms with Gasteiger partial charge in [-0.1, -0.05) is 0 Å². The van der Waals surface area contributed by atoms with Crippen molar-refractivity contribution >= 4 is 23.2 Å². The van der Waals surface area contributed by atoms with Crippen LogP contribution in [0.1, 0.15) is 33.6 Å². The maximum atomic E-state index is 14.1. The number of primary amides is 1. The van der Waals surface area contributed by atoms with Gasteiger partial charge in [-0.05, 0) is 56.6 Å². The number of aryl methyl sites for hydroxylation is 1.